The number of benzene rings is 1. The van der Waals surface area contributed by atoms with Crippen molar-refractivity contribution >= 4 is 16.6 Å². The summed E-state index contributed by atoms with van der Waals surface area (Å²) in [7, 11) is 3.64. The molecule has 0 atom stereocenters. The zero-order chi connectivity index (χ0) is 11.7. The van der Waals surface area contributed by atoms with Gasteiger partial charge in [-0.3, -0.25) is 10.1 Å². The molecule has 0 saturated carbocycles. The number of rotatable bonds is 3. The van der Waals surface area contributed by atoms with Crippen molar-refractivity contribution in [2.24, 2.45) is 7.05 Å². The highest BCUT2D eigenvalue weighted by Gasteiger charge is 2.18. The van der Waals surface area contributed by atoms with E-state index in [-0.39, 0.29) is 10.6 Å². The fourth-order valence-electron chi connectivity index (χ4n) is 1.97. The van der Waals surface area contributed by atoms with Gasteiger partial charge in [0.05, 0.1) is 22.0 Å². The average molecular weight is 219 g/mol. The maximum atomic E-state index is 11.0. The smallest absolute Gasteiger partial charge is 0.295 e. The van der Waals surface area contributed by atoms with Gasteiger partial charge in [0.1, 0.15) is 0 Å². The molecule has 0 aliphatic heterocycles. The van der Waals surface area contributed by atoms with Crippen molar-refractivity contribution in [3.05, 3.63) is 40.1 Å². The minimum absolute atomic E-state index is 0.170. The summed E-state index contributed by atoms with van der Waals surface area (Å²) < 4.78 is 1.78. The summed E-state index contributed by atoms with van der Waals surface area (Å²) in [5.41, 5.74) is 2.01. The van der Waals surface area contributed by atoms with Crippen molar-refractivity contribution in [3.8, 4) is 0 Å². The third kappa shape index (κ3) is 1.55. The number of hydrogen-bond donors (Lipinski definition) is 1. The lowest BCUT2D eigenvalue weighted by molar-refractivity contribution is -0.383. The Labute approximate surface area is 92.8 Å². The predicted octanol–water partition coefficient (Wildman–Crippen LogP) is 1.81. The first-order valence-electron chi connectivity index (χ1n) is 5.01. The van der Waals surface area contributed by atoms with Gasteiger partial charge in [0.15, 0.2) is 0 Å². The summed E-state index contributed by atoms with van der Waals surface area (Å²) in [6, 6.07) is 5.71. The van der Waals surface area contributed by atoms with E-state index < -0.39 is 0 Å². The quantitative estimate of drug-likeness (QED) is 0.632. The van der Waals surface area contributed by atoms with Crippen LogP contribution < -0.4 is 5.32 Å². The Hall–Kier alpha value is -1.88. The lowest BCUT2D eigenvalue weighted by Crippen LogP contribution is -2.05. The molecule has 1 aromatic carbocycles. The van der Waals surface area contributed by atoms with E-state index in [4.69, 9.17) is 0 Å². The van der Waals surface area contributed by atoms with E-state index >= 15 is 0 Å². The Kier molecular flexibility index (Phi) is 2.62. The second-order valence-electron chi connectivity index (χ2n) is 3.72. The molecule has 1 heterocycles. The number of hydrogen-bond acceptors (Lipinski definition) is 3. The van der Waals surface area contributed by atoms with Gasteiger partial charge in [-0.25, -0.2) is 0 Å². The van der Waals surface area contributed by atoms with E-state index in [1.165, 1.54) is 0 Å². The molecule has 0 bridgehead atoms. The third-order valence-electron chi connectivity index (χ3n) is 2.64. The van der Waals surface area contributed by atoms with Crippen LogP contribution in [0.5, 0.6) is 0 Å². The fraction of sp³-hybridized carbons (Fsp3) is 0.273. The number of nitro groups is 1. The van der Waals surface area contributed by atoms with Gasteiger partial charge in [-0.15, -0.1) is 0 Å². The zero-order valence-corrected chi connectivity index (χ0v) is 9.23. The van der Waals surface area contributed by atoms with Crippen LogP contribution in [0.1, 0.15) is 5.56 Å². The molecule has 84 valence electrons. The molecular weight excluding hydrogens is 206 g/mol. The zero-order valence-electron chi connectivity index (χ0n) is 9.23. The van der Waals surface area contributed by atoms with Crippen LogP contribution in [0.3, 0.4) is 0 Å². The second kappa shape index (κ2) is 3.94. The van der Waals surface area contributed by atoms with Crippen LogP contribution in [-0.4, -0.2) is 16.5 Å². The van der Waals surface area contributed by atoms with Gasteiger partial charge in [-0.1, -0.05) is 12.1 Å². The minimum Gasteiger partial charge on any atom is -0.344 e. The summed E-state index contributed by atoms with van der Waals surface area (Å²) in [6.45, 7) is 0.627. The van der Waals surface area contributed by atoms with Crippen molar-refractivity contribution in [1.29, 1.82) is 0 Å². The van der Waals surface area contributed by atoms with Gasteiger partial charge < -0.3 is 9.88 Å². The molecule has 1 aromatic heterocycles. The number of aromatic nitrogens is 1. The van der Waals surface area contributed by atoms with Gasteiger partial charge in [-0.05, 0) is 18.7 Å². The molecule has 0 unspecified atom stereocenters. The highest BCUT2D eigenvalue weighted by molar-refractivity contribution is 5.92. The van der Waals surface area contributed by atoms with Crippen LogP contribution in [0.2, 0.25) is 0 Å². The van der Waals surface area contributed by atoms with Crippen LogP contribution in [0.4, 0.5) is 5.69 Å². The molecule has 16 heavy (non-hydrogen) atoms. The second-order valence-corrected chi connectivity index (χ2v) is 3.72. The Balaban J connectivity index is 2.77. The molecule has 0 radical (unpaired) electrons. The Morgan fingerprint density at radius 2 is 2.25 bits per heavy atom. The molecule has 0 spiro atoms. The molecule has 0 fully saturated rings. The summed E-state index contributed by atoms with van der Waals surface area (Å²) in [5.74, 6) is 0. The van der Waals surface area contributed by atoms with Crippen molar-refractivity contribution in [2.75, 3.05) is 7.05 Å². The maximum absolute atomic E-state index is 11.0. The Bertz CT molecular complexity index is 545. The summed E-state index contributed by atoms with van der Waals surface area (Å²) >= 11 is 0. The number of aryl methyl sites for hydroxylation is 1. The molecule has 0 amide bonds. The van der Waals surface area contributed by atoms with Gasteiger partial charge in [0.25, 0.3) is 5.69 Å². The van der Waals surface area contributed by atoms with Crippen LogP contribution in [0.15, 0.2) is 24.4 Å². The van der Waals surface area contributed by atoms with Crippen LogP contribution >= 0.6 is 0 Å². The number of fused-ring (bicyclic) bond motifs is 1. The molecule has 2 rings (SSSR count). The van der Waals surface area contributed by atoms with E-state index in [9.17, 15) is 10.1 Å². The van der Waals surface area contributed by atoms with Crippen molar-refractivity contribution < 1.29 is 4.92 Å². The summed E-state index contributed by atoms with van der Waals surface area (Å²) in [4.78, 5) is 10.6. The topological polar surface area (TPSA) is 60.1 Å². The van der Waals surface area contributed by atoms with Crippen molar-refractivity contribution in [2.45, 2.75) is 6.54 Å². The van der Waals surface area contributed by atoms with Crippen molar-refractivity contribution in [1.82, 2.24) is 9.88 Å². The maximum Gasteiger partial charge on any atom is 0.295 e. The molecule has 0 aliphatic carbocycles. The summed E-state index contributed by atoms with van der Waals surface area (Å²) in [6.07, 6.45) is 1.56. The normalized spacial score (nSPS) is 10.9. The number of nitrogens with one attached hydrogen (secondary N) is 1. The molecule has 1 N–H and O–H groups in total. The van der Waals surface area contributed by atoms with Gasteiger partial charge >= 0.3 is 0 Å². The molecule has 0 aliphatic rings. The van der Waals surface area contributed by atoms with Gasteiger partial charge in [0.2, 0.25) is 0 Å². The lowest BCUT2D eigenvalue weighted by Gasteiger charge is -2.02. The Morgan fingerprint density at radius 3 is 2.88 bits per heavy atom. The fourth-order valence-corrected chi connectivity index (χ4v) is 1.97. The highest BCUT2D eigenvalue weighted by Crippen LogP contribution is 2.30. The molecule has 0 saturated heterocycles. The minimum atomic E-state index is -0.332. The van der Waals surface area contributed by atoms with E-state index in [0.717, 1.165) is 16.5 Å². The van der Waals surface area contributed by atoms with E-state index in [0.29, 0.717) is 6.54 Å². The van der Waals surface area contributed by atoms with Crippen LogP contribution in [0.25, 0.3) is 10.9 Å². The van der Waals surface area contributed by atoms with Crippen LogP contribution in [0, 0.1) is 10.1 Å². The average Bonchev–Trinajstić information content (AvgIpc) is 2.58. The molecule has 5 nitrogen and oxygen atoms in total. The predicted molar refractivity (Wildman–Crippen MR) is 62.3 cm³/mol. The van der Waals surface area contributed by atoms with Gasteiger partial charge in [-0.2, -0.15) is 0 Å². The highest BCUT2D eigenvalue weighted by atomic mass is 16.6. The Morgan fingerprint density at radius 1 is 1.50 bits per heavy atom. The first-order chi connectivity index (χ1) is 7.65. The SMILES string of the molecule is CNCc1cccc2c1c([N+](=O)[O-])cn2C. The van der Waals surface area contributed by atoms with E-state index in [1.54, 1.807) is 10.8 Å². The third-order valence-corrected chi connectivity index (χ3v) is 2.64. The van der Waals surface area contributed by atoms with E-state index in [2.05, 4.69) is 5.32 Å². The monoisotopic (exact) mass is 219 g/mol. The van der Waals surface area contributed by atoms with Crippen LogP contribution in [-0.2, 0) is 13.6 Å². The first-order valence-corrected chi connectivity index (χ1v) is 5.01. The largest absolute Gasteiger partial charge is 0.344 e. The molecule has 2 aromatic rings. The first kappa shape index (κ1) is 10.6. The lowest BCUT2D eigenvalue weighted by atomic mass is 10.1. The standard InChI is InChI=1S/C11H13N3O2/c1-12-6-8-4-3-5-9-11(8)10(14(15)16)7-13(9)2/h3-5,7,12H,6H2,1-2H3. The van der Waals surface area contributed by atoms with Gasteiger partial charge in [0, 0.05) is 13.6 Å². The molecular formula is C11H13N3O2. The summed E-state index contributed by atoms with van der Waals surface area (Å²) in [5, 5.41) is 14.7. The van der Waals surface area contributed by atoms with E-state index in [1.807, 2.05) is 32.3 Å². The molecule has 5 heteroatoms. The number of nitrogens with zero attached hydrogens (tertiary/aromatic N) is 2. The van der Waals surface area contributed by atoms with Crippen molar-refractivity contribution in [3.63, 3.8) is 0 Å².